The predicted octanol–water partition coefficient (Wildman–Crippen LogP) is 3.75. The van der Waals surface area contributed by atoms with Gasteiger partial charge in [-0.15, -0.1) is 0 Å². The summed E-state index contributed by atoms with van der Waals surface area (Å²) in [5.74, 6) is 0.926. The minimum absolute atomic E-state index is 0.811. The van der Waals surface area contributed by atoms with Crippen LogP contribution in [-0.4, -0.2) is 9.55 Å². The SMILES string of the molecule is Cc1cc(C)c(N)c(-c2nc3cc(C)ccc3n2C)c1. The first-order valence-corrected chi connectivity index (χ1v) is 6.77. The minimum Gasteiger partial charge on any atom is -0.398 e. The molecule has 1 heterocycles. The van der Waals surface area contributed by atoms with Crippen LogP contribution >= 0.6 is 0 Å². The van der Waals surface area contributed by atoms with E-state index < -0.39 is 0 Å². The molecule has 0 spiro atoms. The van der Waals surface area contributed by atoms with Crippen molar-refractivity contribution in [3.63, 3.8) is 0 Å². The van der Waals surface area contributed by atoms with E-state index in [9.17, 15) is 0 Å². The third-order valence-electron chi connectivity index (χ3n) is 3.81. The summed E-state index contributed by atoms with van der Waals surface area (Å²) in [5.41, 5.74) is 13.7. The molecular formula is C17H19N3. The molecule has 102 valence electrons. The topological polar surface area (TPSA) is 43.8 Å². The van der Waals surface area contributed by atoms with Crippen molar-refractivity contribution in [2.24, 2.45) is 7.05 Å². The maximum Gasteiger partial charge on any atom is 0.142 e. The van der Waals surface area contributed by atoms with Gasteiger partial charge in [0.15, 0.2) is 0 Å². The fourth-order valence-electron chi connectivity index (χ4n) is 2.71. The zero-order valence-corrected chi connectivity index (χ0v) is 12.4. The van der Waals surface area contributed by atoms with Gasteiger partial charge in [0.05, 0.1) is 11.0 Å². The van der Waals surface area contributed by atoms with Crippen molar-refractivity contribution in [1.82, 2.24) is 9.55 Å². The molecule has 3 nitrogen and oxygen atoms in total. The molecule has 0 fully saturated rings. The lowest BCUT2D eigenvalue weighted by molar-refractivity contribution is 0.959. The molecule has 0 aliphatic carbocycles. The fourth-order valence-corrected chi connectivity index (χ4v) is 2.71. The summed E-state index contributed by atoms with van der Waals surface area (Å²) in [6, 6.07) is 10.5. The highest BCUT2D eigenvalue weighted by atomic mass is 15.1. The van der Waals surface area contributed by atoms with Gasteiger partial charge < -0.3 is 10.3 Å². The molecule has 3 rings (SSSR count). The highest BCUT2D eigenvalue weighted by Gasteiger charge is 2.14. The van der Waals surface area contributed by atoms with Gasteiger partial charge in [0, 0.05) is 18.3 Å². The first-order valence-electron chi connectivity index (χ1n) is 6.77. The zero-order chi connectivity index (χ0) is 14.4. The molecule has 0 radical (unpaired) electrons. The molecule has 0 saturated heterocycles. The van der Waals surface area contributed by atoms with Crippen molar-refractivity contribution in [3.8, 4) is 11.4 Å². The van der Waals surface area contributed by atoms with Crippen LogP contribution in [0.2, 0.25) is 0 Å². The van der Waals surface area contributed by atoms with Crippen LogP contribution in [-0.2, 0) is 7.05 Å². The van der Waals surface area contributed by atoms with Crippen LogP contribution in [0.1, 0.15) is 16.7 Å². The minimum atomic E-state index is 0.811. The normalized spacial score (nSPS) is 11.2. The molecule has 1 aromatic heterocycles. The summed E-state index contributed by atoms with van der Waals surface area (Å²) in [6.45, 7) is 6.21. The molecule has 0 aliphatic heterocycles. The lowest BCUT2D eigenvalue weighted by atomic mass is 10.0. The van der Waals surface area contributed by atoms with Crippen molar-refractivity contribution in [2.75, 3.05) is 5.73 Å². The summed E-state index contributed by atoms with van der Waals surface area (Å²) in [5, 5.41) is 0. The van der Waals surface area contributed by atoms with Crippen LogP contribution in [0, 0.1) is 20.8 Å². The summed E-state index contributed by atoms with van der Waals surface area (Å²) in [6.07, 6.45) is 0. The molecule has 3 heteroatoms. The van der Waals surface area contributed by atoms with Gasteiger partial charge in [-0.25, -0.2) is 4.98 Å². The number of nitrogens with two attached hydrogens (primary N) is 1. The number of benzene rings is 2. The van der Waals surface area contributed by atoms with Gasteiger partial charge in [0.25, 0.3) is 0 Å². The first kappa shape index (κ1) is 12.7. The van der Waals surface area contributed by atoms with Crippen LogP contribution < -0.4 is 5.73 Å². The number of fused-ring (bicyclic) bond motifs is 1. The Balaban J connectivity index is 2.32. The Bertz CT molecular complexity index is 813. The van der Waals surface area contributed by atoms with Crippen LogP contribution in [0.3, 0.4) is 0 Å². The number of hydrogen-bond acceptors (Lipinski definition) is 2. The highest BCUT2D eigenvalue weighted by molar-refractivity contribution is 5.85. The van der Waals surface area contributed by atoms with Gasteiger partial charge in [-0.05, 0) is 55.7 Å². The average Bonchev–Trinajstić information content (AvgIpc) is 2.70. The molecular weight excluding hydrogens is 246 g/mol. The predicted molar refractivity (Wildman–Crippen MR) is 84.8 cm³/mol. The summed E-state index contributed by atoms with van der Waals surface area (Å²) in [7, 11) is 2.04. The van der Waals surface area contributed by atoms with Crippen LogP contribution in [0.5, 0.6) is 0 Å². The first-order chi connectivity index (χ1) is 9.47. The number of nitrogens with zero attached hydrogens (tertiary/aromatic N) is 2. The van der Waals surface area contributed by atoms with Crippen molar-refractivity contribution in [2.45, 2.75) is 20.8 Å². The molecule has 0 atom stereocenters. The Morgan fingerprint density at radius 1 is 1.00 bits per heavy atom. The van der Waals surface area contributed by atoms with E-state index in [4.69, 9.17) is 10.7 Å². The lowest BCUT2D eigenvalue weighted by Gasteiger charge is -2.10. The Hall–Kier alpha value is -2.29. The van der Waals surface area contributed by atoms with Crippen molar-refractivity contribution >= 4 is 16.7 Å². The molecule has 0 aliphatic rings. The zero-order valence-electron chi connectivity index (χ0n) is 12.4. The van der Waals surface area contributed by atoms with Crippen LogP contribution in [0.15, 0.2) is 30.3 Å². The number of hydrogen-bond donors (Lipinski definition) is 1. The molecule has 0 bridgehead atoms. The number of nitrogen functional groups attached to an aromatic ring is 1. The largest absolute Gasteiger partial charge is 0.398 e. The monoisotopic (exact) mass is 265 g/mol. The van der Waals surface area contributed by atoms with E-state index in [2.05, 4.69) is 48.7 Å². The summed E-state index contributed by atoms with van der Waals surface area (Å²) in [4.78, 5) is 4.77. The van der Waals surface area contributed by atoms with E-state index in [1.165, 1.54) is 11.1 Å². The molecule has 20 heavy (non-hydrogen) atoms. The van der Waals surface area contributed by atoms with E-state index in [0.717, 1.165) is 33.7 Å². The summed E-state index contributed by atoms with van der Waals surface area (Å²) < 4.78 is 2.11. The van der Waals surface area contributed by atoms with E-state index in [1.54, 1.807) is 0 Å². The highest BCUT2D eigenvalue weighted by Crippen LogP contribution is 2.31. The van der Waals surface area contributed by atoms with E-state index >= 15 is 0 Å². The Morgan fingerprint density at radius 3 is 2.50 bits per heavy atom. The Labute approximate surface area is 119 Å². The maximum absolute atomic E-state index is 6.25. The van der Waals surface area contributed by atoms with Crippen molar-refractivity contribution in [1.29, 1.82) is 0 Å². The van der Waals surface area contributed by atoms with Gasteiger partial charge >= 0.3 is 0 Å². The third kappa shape index (κ3) is 1.86. The molecule has 0 saturated carbocycles. The molecule has 2 N–H and O–H groups in total. The number of imidazole rings is 1. The smallest absolute Gasteiger partial charge is 0.142 e. The molecule has 2 aromatic carbocycles. The second kappa shape index (κ2) is 4.37. The number of aryl methyl sites for hydroxylation is 4. The number of anilines is 1. The summed E-state index contributed by atoms with van der Waals surface area (Å²) >= 11 is 0. The number of rotatable bonds is 1. The quantitative estimate of drug-likeness (QED) is 0.681. The van der Waals surface area contributed by atoms with E-state index in [-0.39, 0.29) is 0 Å². The van der Waals surface area contributed by atoms with Crippen LogP contribution in [0.4, 0.5) is 5.69 Å². The Kier molecular flexibility index (Phi) is 2.78. The van der Waals surface area contributed by atoms with Crippen molar-refractivity contribution in [3.05, 3.63) is 47.0 Å². The van der Waals surface area contributed by atoms with E-state index in [1.807, 2.05) is 14.0 Å². The van der Waals surface area contributed by atoms with E-state index in [0.29, 0.717) is 0 Å². The van der Waals surface area contributed by atoms with Crippen LogP contribution in [0.25, 0.3) is 22.4 Å². The number of aromatic nitrogens is 2. The maximum atomic E-state index is 6.25. The third-order valence-corrected chi connectivity index (χ3v) is 3.81. The van der Waals surface area contributed by atoms with Gasteiger partial charge in [0.1, 0.15) is 5.82 Å². The van der Waals surface area contributed by atoms with Gasteiger partial charge in [-0.2, -0.15) is 0 Å². The van der Waals surface area contributed by atoms with Gasteiger partial charge in [-0.1, -0.05) is 12.1 Å². The Morgan fingerprint density at radius 2 is 1.75 bits per heavy atom. The second-order valence-corrected chi connectivity index (χ2v) is 5.53. The fraction of sp³-hybridized carbons (Fsp3) is 0.235. The average molecular weight is 265 g/mol. The molecule has 0 amide bonds. The lowest BCUT2D eigenvalue weighted by Crippen LogP contribution is -1.99. The van der Waals surface area contributed by atoms with Gasteiger partial charge in [0.2, 0.25) is 0 Å². The van der Waals surface area contributed by atoms with Crippen molar-refractivity contribution < 1.29 is 0 Å². The molecule has 3 aromatic rings. The van der Waals surface area contributed by atoms with Gasteiger partial charge in [-0.3, -0.25) is 0 Å². The molecule has 0 unspecified atom stereocenters. The standard InChI is InChI=1S/C17H19N3/c1-10-5-6-15-14(9-10)19-17(20(15)4)13-8-11(2)7-12(3)16(13)18/h5-9H,18H2,1-4H3. The second-order valence-electron chi connectivity index (χ2n) is 5.53.